The van der Waals surface area contributed by atoms with Crippen LogP contribution in [0.2, 0.25) is 0 Å². The number of amides is 1. The number of nitrogens with one attached hydrogen (secondary N) is 1. The molecule has 0 saturated carbocycles. The second kappa shape index (κ2) is 6.35. The number of fused-ring (bicyclic) bond motifs is 1. The van der Waals surface area contributed by atoms with Crippen molar-refractivity contribution in [1.82, 2.24) is 4.98 Å². The Morgan fingerprint density at radius 2 is 1.92 bits per heavy atom. The lowest BCUT2D eigenvalue weighted by Crippen LogP contribution is -1.92. The van der Waals surface area contributed by atoms with Gasteiger partial charge in [0, 0.05) is 26.7 Å². The molecule has 0 spiro atoms. The van der Waals surface area contributed by atoms with E-state index in [0.717, 1.165) is 3.57 Å². The molecule has 0 aliphatic heterocycles. The number of non-ortho nitro benzene ring substituents is 1. The average Bonchev–Trinajstić information content (AvgIpc) is 2.87. The van der Waals surface area contributed by atoms with Crippen molar-refractivity contribution in [1.29, 1.82) is 0 Å². The van der Waals surface area contributed by atoms with E-state index in [1.807, 2.05) is 0 Å². The molecule has 2 N–H and O–H groups in total. The summed E-state index contributed by atoms with van der Waals surface area (Å²) >= 11 is 2.11. The molecular formula is C15H9IN4O4. The highest BCUT2D eigenvalue weighted by molar-refractivity contribution is 14.1. The summed E-state index contributed by atoms with van der Waals surface area (Å²) in [5.41, 5.74) is 0.632. The van der Waals surface area contributed by atoms with Gasteiger partial charge in [0.15, 0.2) is 5.69 Å². The maximum atomic E-state index is 12.0. The van der Waals surface area contributed by atoms with Crippen LogP contribution in [0.15, 0.2) is 52.7 Å². The van der Waals surface area contributed by atoms with Crippen molar-refractivity contribution in [3.8, 4) is 5.88 Å². The average molecular weight is 436 g/mol. The summed E-state index contributed by atoms with van der Waals surface area (Å²) in [5, 5.41) is 28.4. The first-order valence-corrected chi connectivity index (χ1v) is 7.74. The predicted octanol–water partition coefficient (Wildman–Crippen LogP) is 4.31. The summed E-state index contributed by atoms with van der Waals surface area (Å²) in [6.07, 6.45) is 0. The maximum Gasteiger partial charge on any atom is 0.295 e. The van der Waals surface area contributed by atoms with Gasteiger partial charge >= 0.3 is 0 Å². The summed E-state index contributed by atoms with van der Waals surface area (Å²) in [6.45, 7) is 0. The Labute approximate surface area is 148 Å². The van der Waals surface area contributed by atoms with E-state index in [0.29, 0.717) is 16.5 Å². The number of aromatic amines is 1. The molecule has 2 aromatic carbocycles. The summed E-state index contributed by atoms with van der Waals surface area (Å²) in [5.74, 6) is -0.893. The topological polar surface area (TPSA) is 121 Å². The smallest absolute Gasteiger partial charge is 0.295 e. The first-order valence-electron chi connectivity index (χ1n) is 6.66. The van der Waals surface area contributed by atoms with Crippen molar-refractivity contribution in [3.63, 3.8) is 0 Å². The largest absolute Gasteiger partial charge is 0.493 e. The van der Waals surface area contributed by atoms with Gasteiger partial charge in [0.25, 0.3) is 11.6 Å². The van der Waals surface area contributed by atoms with Gasteiger partial charge in [-0.05, 0) is 52.9 Å². The summed E-state index contributed by atoms with van der Waals surface area (Å²) in [4.78, 5) is 25.0. The normalized spacial score (nSPS) is 11.2. The molecule has 9 heteroatoms. The number of hydrogen-bond donors (Lipinski definition) is 2. The van der Waals surface area contributed by atoms with Gasteiger partial charge in [0.1, 0.15) is 0 Å². The van der Waals surface area contributed by atoms with Crippen LogP contribution in [0.5, 0.6) is 5.88 Å². The summed E-state index contributed by atoms with van der Waals surface area (Å²) in [6, 6.07) is 10.8. The number of benzene rings is 2. The number of carbonyl (C=O) groups is 1. The van der Waals surface area contributed by atoms with E-state index in [-0.39, 0.29) is 17.3 Å². The number of rotatable bonds is 3. The van der Waals surface area contributed by atoms with Crippen LogP contribution in [0.25, 0.3) is 10.9 Å². The lowest BCUT2D eigenvalue weighted by atomic mass is 10.2. The fourth-order valence-corrected chi connectivity index (χ4v) is 2.47. The van der Waals surface area contributed by atoms with Crippen LogP contribution in [-0.4, -0.2) is 20.9 Å². The standard InChI is InChI=1S/C15H9IN4O4/c16-9-3-1-8(2-4-9)14(21)19-18-13-11-7-10(20(23)24)5-6-12(11)17-15(13)22/h1-7,17,22H. The van der Waals surface area contributed by atoms with Crippen molar-refractivity contribution < 1.29 is 14.8 Å². The Kier molecular flexibility index (Phi) is 4.25. The third-order valence-corrected chi connectivity index (χ3v) is 4.00. The third kappa shape index (κ3) is 3.11. The molecule has 0 bridgehead atoms. The van der Waals surface area contributed by atoms with E-state index in [1.54, 1.807) is 24.3 Å². The van der Waals surface area contributed by atoms with Crippen LogP contribution in [0, 0.1) is 13.7 Å². The highest BCUT2D eigenvalue weighted by atomic mass is 127. The van der Waals surface area contributed by atoms with E-state index in [2.05, 4.69) is 37.8 Å². The molecule has 0 unspecified atom stereocenters. The highest BCUT2D eigenvalue weighted by Gasteiger charge is 2.15. The quantitative estimate of drug-likeness (QED) is 0.275. The first kappa shape index (κ1) is 16.1. The molecule has 1 aromatic heterocycles. The molecule has 8 nitrogen and oxygen atoms in total. The van der Waals surface area contributed by atoms with Gasteiger partial charge in [-0.2, -0.15) is 0 Å². The molecule has 24 heavy (non-hydrogen) atoms. The summed E-state index contributed by atoms with van der Waals surface area (Å²) in [7, 11) is 0. The van der Waals surface area contributed by atoms with Gasteiger partial charge in [-0.15, -0.1) is 10.2 Å². The minimum atomic E-state index is -0.578. The molecule has 0 aliphatic rings. The van der Waals surface area contributed by atoms with Crippen LogP contribution in [0.3, 0.4) is 0 Å². The van der Waals surface area contributed by atoms with Gasteiger partial charge in [-0.25, -0.2) is 0 Å². The van der Waals surface area contributed by atoms with Gasteiger partial charge in [-0.1, -0.05) is 0 Å². The first-order chi connectivity index (χ1) is 11.5. The fraction of sp³-hybridized carbons (Fsp3) is 0. The zero-order valence-electron chi connectivity index (χ0n) is 11.9. The molecule has 0 radical (unpaired) electrons. The van der Waals surface area contributed by atoms with Crippen LogP contribution < -0.4 is 0 Å². The molecule has 0 saturated heterocycles. The van der Waals surface area contributed by atoms with Crippen molar-refractivity contribution in [2.75, 3.05) is 0 Å². The molecule has 1 amide bonds. The molecule has 3 rings (SSSR count). The van der Waals surface area contributed by atoms with Crippen molar-refractivity contribution in [3.05, 3.63) is 61.7 Å². The number of nitro benzene ring substituents is 1. The van der Waals surface area contributed by atoms with Gasteiger partial charge in [0.05, 0.1) is 10.4 Å². The van der Waals surface area contributed by atoms with Crippen molar-refractivity contribution >= 4 is 50.8 Å². The Bertz CT molecular complexity index is 979. The second-order valence-corrected chi connectivity index (χ2v) is 6.07. The molecule has 3 aromatic rings. The highest BCUT2D eigenvalue weighted by Crippen LogP contribution is 2.37. The molecule has 120 valence electrons. The predicted molar refractivity (Wildman–Crippen MR) is 94.6 cm³/mol. The molecule has 0 aliphatic carbocycles. The number of nitrogens with zero attached hydrogens (tertiary/aromatic N) is 3. The SMILES string of the molecule is O=C(N=Nc1c(O)[nH]c2ccc([N+](=O)[O-])cc12)c1ccc(I)cc1. The van der Waals surface area contributed by atoms with Gasteiger partial charge in [-0.3, -0.25) is 14.9 Å². The molecule has 0 fully saturated rings. The van der Waals surface area contributed by atoms with Crippen LogP contribution in [-0.2, 0) is 0 Å². The molecular weight excluding hydrogens is 427 g/mol. The monoisotopic (exact) mass is 436 g/mol. The number of halogens is 1. The zero-order chi connectivity index (χ0) is 17.3. The van der Waals surface area contributed by atoms with Gasteiger partial charge < -0.3 is 10.1 Å². The number of hydrogen-bond acceptors (Lipinski definition) is 5. The minimum absolute atomic E-state index is 0.0208. The molecule has 0 atom stereocenters. The fourth-order valence-electron chi connectivity index (χ4n) is 2.11. The van der Waals surface area contributed by atoms with Crippen molar-refractivity contribution in [2.24, 2.45) is 10.2 Å². The second-order valence-electron chi connectivity index (χ2n) is 4.82. The third-order valence-electron chi connectivity index (χ3n) is 3.28. The number of azo groups is 1. The van der Waals surface area contributed by atoms with Crippen LogP contribution in [0.4, 0.5) is 11.4 Å². The van der Waals surface area contributed by atoms with E-state index >= 15 is 0 Å². The number of nitro groups is 1. The van der Waals surface area contributed by atoms with E-state index in [1.165, 1.54) is 18.2 Å². The number of aromatic hydroxyl groups is 1. The van der Waals surface area contributed by atoms with E-state index in [9.17, 15) is 20.0 Å². The van der Waals surface area contributed by atoms with Crippen molar-refractivity contribution in [2.45, 2.75) is 0 Å². The van der Waals surface area contributed by atoms with Crippen LogP contribution in [0.1, 0.15) is 10.4 Å². The number of H-pyrrole nitrogens is 1. The Morgan fingerprint density at radius 3 is 2.58 bits per heavy atom. The van der Waals surface area contributed by atoms with E-state index in [4.69, 9.17) is 0 Å². The zero-order valence-corrected chi connectivity index (χ0v) is 14.1. The van der Waals surface area contributed by atoms with Gasteiger partial charge in [0.2, 0.25) is 5.88 Å². The van der Waals surface area contributed by atoms with Crippen LogP contribution >= 0.6 is 22.6 Å². The minimum Gasteiger partial charge on any atom is -0.493 e. The number of aromatic nitrogens is 1. The number of carbonyl (C=O) groups excluding carboxylic acids is 1. The Morgan fingerprint density at radius 1 is 1.21 bits per heavy atom. The Balaban J connectivity index is 1.98. The lowest BCUT2D eigenvalue weighted by Gasteiger charge is -1.95. The lowest BCUT2D eigenvalue weighted by molar-refractivity contribution is -0.384. The maximum absolute atomic E-state index is 12.0. The van der Waals surface area contributed by atoms with E-state index < -0.39 is 10.8 Å². The molecule has 1 heterocycles. The Hall–Kier alpha value is -2.82. The summed E-state index contributed by atoms with van der Waals surface area (Å²) < 4.78 is 0.975.